The Morgan fingerprint density at radius 2 is 2.11 bits per heavy atom. The maximum atomic E-state index is 3.80. The second-order valence-corrected chi connectivity index (χ2v) is 1.80. The Labute approximate surface area is 56.8 Å². The van der Waals surface area contributed by atoms with Gasteiger partial charge in [-0.2, -0.15) is 0 Å². The minimum atomic E-state index is 1.26. The Morgan fingerprint density at radius 1 is 1.44 bits per heavy atom. The first-order valence-corrected chi connectivity index (χ1v) is 3.03. The number of hydrogen-bond donors (Lipinski definition) is 0. The molecule has 0 aromatic heterocycles. The third kappa shape index (κ3) is 5.01. The molecule has 0 amide bonds. The van der Waals surface area contributed by atoms with Gasteiger partial charge < -0.3 is 0 Å². The number of hydrogen-bond acceptors (Lipinski definition) is 1. The Hall–Kier alpha value is -0.850. The lowest BCUT2D eigenvalue weighted by Gasteiger charge is -1.82. The van der Waals surface area contributed by atoms with Gasteiger partial charge >= 0.3 is 0 Å². The Bertz CT molecular complexity index is 141. The number of nitrogens with zero attached hydrogens (tertiary/aromatic N) is 1. The second kappa shape index (κ2) is 5.29. The summed E-state index contributed by atoms with van der Waals surface area (Å²) in [6.07, 6.45) is 7.77. The van der Waals surface area contributed by atoms with E-state index in [9.17, 15) is 0 Å². The molecule has 0 saturated carbocycles. The predicted molar refractivity (Wildman–Crippen MR) is 43.0 cm³/mol. The molecule has 0 aliphatic carbocycles. The topological polar surface area (TPSA) is 12.4 Å². The summed E-state index contributed by atoms with van der Waals surface area (Å²) < 4.78 is 0. The summed E-state index contributed by atoms with van der Waals surface area (Å²) in [4.78, 5) is 3.80. The highest BCUT2D eigenvalue weighted by Crippen LogP contribution is 1.91. The minimum absolute atomic E-state index is 1.26. The molecule has 0 N–H and O–H groups in total. The highest BCUT2D eigenvalue weighted by atomic mass is 14.6. The van der Waals surface area contributed by atoms with Gasteiger partial charge in [0, 0.05) is 13.3 Å². The van der Waals surface area contributed by atoms with E-state index in [1.54, 1.807) is 13.3 Å². The van der Waals surface area contributed by atoms with Crippen molar-refractivity contribution in [2.75, 3.05) is 7.05 Å². The number of rotatable bonds is 2. The molecule has 0 saturated heterocycles. The lowest BCUT2D eigenvalue weighted by Crippen LogP contribution is -1.66. The predicted octanol–water partition coefficient (Wildman–Crippen LogP) is 2.21. The van der Waals surface area contributed by atoms with Crippen LogP contribution in [0.5, 0.6) is 0 Å². The van der Waals surface area contributed by atoms with Crippen LogP contribution in [0, 0.1) is 0 Å². The third-order valence-electron chi connectivity index (χ3n) is 1.05. The van der Waals surface area contributed by atoms with Crippen molar-refractivity contribution >= 4 is 6.21 Å². The minimum Gasteiger partial charge on any atom is -0.297 e. The van der Waals surface area contributed by atoms with Crippen LogP contribution in [0.2, 0.25) is 0 Å². The fourth-order valence-corrected chi connectivity index (χ4v) is 0.377. The van der Waals surface area contributed by atoms with Crippen LogP contribution in [0.25, 0.3) is 0 Å². The Kier molecular flexibility index (Phi) is 4.79. The maximum absolute atomic E-state index is 3.80. The number of allylic oxidation sites excluding steroid dienone is 4. The standard InChI is InChI=1S/C8H13N/c1-4-8(2)6-5-7-9-3/h4-7H,1-3H3/b6-5-,8-4-,9-7-. The van der Waals surface area contributed by atoms with Gasteiger partial charge in [0.15, 0.2) is 0 Å². The van der Waals surface area contributed by atoms with E-state index in [4.69, 9.17) is 0 Å². The molecule has 0 fully saturated rings. The van der Waals surface area contributed by atoms with Crippen molar-refractivity contribution in [2.24, 2.45) is 4.99 Å². The summed E-state index contributed by atoms with van der Waals surface area (Å²) in [5.74, 6) is 0. The molecule has 0 atom stereocenters. The summed E-state index contributed by atoms with van der Waals surface area (Å²) in [7, 11) is 1.76. The number of aliphatic imine (C=N–C) groups is 1. The van der Waals surface area contributed by atoms with Crippen LogP contribution in [0.4, 0.5) is 0 Å². The monoisotopic (exact) mass is 123 g/mol. The lowest BCUT2D eigenvalue weighted by atomic mass is 10.3. The molecule has 0 aliphatic rings. The average Bonchev–Trinajstić information content (AvgIpc) is 1.89. The lowest BCUT2D eigenvalue weighted by molar-refractivity contribution is 1.46. The summed E-state index contributed by atoms with van der Waals surface area (Å²) in [6, 6.07) is 0. The van der Waals surface area contributed by atoms with Crippen LogP contribution >= 0.6 is 0 Å². The van der Waals surface area contributed by atoms with E-state index < -0.39 is 0 Å². The van der Waals surface area contributed by atoms with E-state index >= 15 is 0 Å². The van der Waals surface area contributed by atoms with Crippen molar-refractivity contribution in [1.82, 2.24) is 0 Å². The normalized spacial score (nSPS) is 13.9. The van der Waals surface area contributed by atoms with E-state index in [-0.39, 0.29) is 0 Å². The molecule has 0 spiro atoms. The summed E-state index contributed by atoms with van der Waals surface area (Å²) in [5.41, 5.74) is 1.26. The Balaban J connectivity index is 3.71. The maximum Gasteiger partial charge on any atom is 0.0277 e. The van der Waals surface area contributed by atoms with E-state index in [0.29, 0.717) is 0 Å². The van der Waals surface area contributed by atoms with Crippen LogP contribution in [-0.4, -0.2) is 13.3 Å². The molecule has 0 aromatic rings. The quantitative estimate of drug-likeness (QED) is 0.394. The molecule has 0 aromatic carbocycles. The molecule has 0 rings (SSSR count). The van der Waals surface area contributed by atoms with Gasteiger partial charge in [-0.3, -0.25) is 4.99 Å². The van der Waals surface area contributed by atoms with Crippen LogP contribution in [0.15, 0.2) is 28.8 Å². The summed E-state index contributed by atoms with van der Waals surface area (Å²) in [6.45, 7) is 4.07. The first-order valence-electron chi connectivity index (χ1n) is 3.03. The molecule has 1 nitrogen and oxygen atoms in total. The van der Waals surface area contributed by atoms with Crippen molar-refractivity contribution in [1.29, 1.82) is 0 Å². The van der Waals surface area contributed by atoms with E-state index in [1.165, 1.54) is 5.57 Å². The van der Waals surface area contributed by atoms with Crippen molar-refractivity contribution < 1.29 is 0 Å². The fraction of sp³-hybridized carbons (Fsp3) is 0.375. The van der Waals surface area contributed by atoms with Crippen LogP contribution in [0.1, 0.15) is 13.8 Å². The molecule has 0 radical (unpaired) electrons. The first kappa shape index (κ1) is 8.15. The third-order valence-corrected chi connectivity index (χ3v) is 1.05. The van der Waals surface area contributed by atoms with Crippen LogP contribution < -0.4 is 0 Å². The molecule has 0 aliphatic heterocycles. The average molecular weight is 123 g/mol. The second-order valence-electron chi connectivity index (χ2n) is 1.80. The van der Waals surface area contributed by atoms with Crippen LogP contribution in [0.3, 0.4) is 0 Å². The fourth-order valence-electron chi connectivity index (χ4n) is 0.377. The zero-order valence-corrected chi connectivity index (χ0v) is 6.26. The SMILES string of the molecule is C\C=C(C)/C=C\C=N/C. The van der Waals surface area contributed by atoms with Crippen LogP contribution in [-0.2, 0) is 0 Å². The van der Waals surface area contributed by atoms with Gasteiger partial charge in [-0.15, -0.1) is 0 Å². The zero-order chi connectivity index (χ0) is 7.11. The molecule has 0 unspecified atom stereocenters. The molecule has 50 valence electrons. The first-order chi connectivity index (χ1) is 4.31. The molecule has 9 heavy (non-hydrogen) atoms. The molecule has 0 heterocycles. The highest BCUT2D eigenvalue weighted by Gasteiger charge is 1.71. The molecule has 1 heteroatoms. The van der Waals surface area contributed by atoms with Gasteiger partial charge in [0.1, 0.15) is 0 Å². The van der Waals surface area contributed by atoms with E-state index in [0.717, 1.165) is 0 Å². The largest absolute Gasteiger partial charge is 0.297 e. The van der Waals surface area contributed by atoms with E-state index in [1.807, 2.05) is 19.1 Å². The summed E-state index contributed by atoms with van der Waals surface area (Å²) >= 11 is 0. The van der Waals surface area contributed by atoms with Gasteiger partial charge in [0.2, 0.25) is 0 Å². The van der Waals surface area contributed by atoms with Crippen molar-refractivity contribution in [2.45, 2.75) is 13.8 Å². The van der Waals surface area contributed by atoms with Gasteiger partial charge in [-0.05, 0) is 19.9 Å². The summed E-state index contributed by atoms with van der Waals surface area (Å²) in [5, 5.41) is 0. The molecular formula is C8H13N. The highest BCUT2D eigenvalue weighted by molar-refractivity contribution is 5.71. The van der Waals surface area contributed by atoms with Crippen molar-refractivity contribution in [3.05, 3.63) is 23.8 Å². The van der Waals surface area contributed by atoms with Gasteiger partial charge in [0.05, 0.1) is 0 Å². The molecule has 0 bridgehead atoms. The van der Waals surface area contributed by atoms with Crippen molar-refractivity contribution in [3.63, 3.8) is 0 Å². The zero-order valence-electron chi connectivity index (χ0n) is 6.26. The van der Waals surface area contributed by atoms with Gasteiger partial charge in [-0.1, -0.05) is 17.7 Å². The molecular weight excluding hydrogens is 110 g/mol. The van der Waals surface area contributed by atoms with Gasteiger partial charge in [-0.25, -0.2) is 0 Å². The van der Waals surface area contributed by atoms with Crippen molar-refractivity contribution in [3.8, 4) is 0 Å². The van der Waals surface area contributed by atoms with Gasteiger partial charge in [0.25, 0.3) is 0 Å². The Morgan fingerprint density at radius 3 is 2.56 bits per heavy atom. The smallest absolute Gasteiger partial charge is 0.0277 e. The van der Waals surface area contributed by atoms with E-state index in [2.05, 4.69) is 18.0 Å².